The summed E-state index contributed by atoms with van der Waals surface area (Å²) in [6.45, 7) is 0. The van der Waals surface area contributed by atoms with Gasteiger partial charge in [0.15, 0.2) is 0 Å². The summed E-state index contributed by atoms with van der Waals surface area (Å²) >= 11 is 3.44. The topological polar surface area (TPSA) is 23.8 Å². The molecule has 1 nitrogen and oxygen atoms in total. The lowest BCUT2D eigenvalue weighted by Crippen LogP contribution is -1.87. The first-order valence-electron chi connectivity index (χ1n) is 5.97. The van der Waals surface area contributed by atoms with Crippen LogP contribution in [0.15, 0.2) is 65.1 Å². The monoisotopic (exact) mass is 307 g/mol. The normalized spacial score (nSPS) is 10.3. The van der Waals surface area contributed by atoms with Gasteiger partial charge in [0.25, 0.3) is 0 Å². The quantitative estimate of drug-likeness (QED) is 0.610. The molecule has 0 atom stereocenters. The zero-order valence-corrected chi connectivity index (χ0v) is 11.7. The fourth-order valence-electron chi connectivity index (χ4n) is 2.29. The van der Waals surface area contributed by atoms with Gasteiger partial charge in [-0.1, -0.05) is 58.4 Å². The lowest BCUT2D eigenvalue weighted by Gasteiger charge is -2.09. The van der Waals surface area contributed by atoms with Crippen molar-refractivity contribution in [3.8, 4) is 17.2 Å². The van der Waals surface area contributed by atoms with Gasteiger partial charge in [-0.05, 0) is 34.5 Å². The summed E-state index contributed by atoms with van der Waals surface area (Å²) in [4.78, 5) is 0. The van der Waals surface area contributed by atoms with Crippen LogP contribution in [-0.2, 0) is 0 Å². The number of fused-ring (bicyclic) bond motifs is 1. The second-order valence-electron chi connectivity index (χ2n) is 4.33. The Kier molecular flexibility index (Phi) is 3.06. The first kappa shape index (κ1) is 12.0. The summed E-state index contributed by atoms with van der Waals surface area (Å²) in [5, 5.41) is 11.6. The van der Waals surface area contributed by atoms with Gasteiger partial charge in [-0.25, -0.2) is 0 Å². The standard InChI is InChI=1S/C17H10BrN/c18-15-9-7-13(8-10-15)17-14(11-19)6-5-12-3-1-2-4-16(12)17/h1-10H. The second-order valence-corrected chi connectivity index (χ2v) is 5.24. The minimum Gasteiger partial charge on any atom is -0.192 e. The van der Waals surface area contributed by atoms with Crippen LogP contribution in [0.3, 0.4) is 0 Å². The number of benzene rings is 3. The Balaban J connectivity index is 2.37. The van der Waals surface area contributed by atoms with Crippen molar-refractivity contribution in [1.29, 1.82) is 5.26 Å². The van der Waals surface area contributed by atoms with Gasteiger partial charge < -0.3 is 0 Å². The van der Waals surface area contributed by atoms with Crippen molar-refractivity contribution in [3.05, 3.63) is 70.7 Å². The van der Waals surface area contributed by atoms with Crippen molar-refractivity contribution in [1.82, 2.24) is 0 Å². The van der Waals surface area contributed by atoms with E-state index in [1.54, 1.807) is 0 Å². The molecule has 0 aliphatic carbocycles. The highest BCUT2D eigenvalue weighted by atomic mass is 79.9. The van der Waals surface area contributed by atoms with E-state index >= 15 is 0 Å². The molecule has 0 unspecified atom stereocenters. The van der Waals surface area contributed by atoms with Crippen LogP contribution < -0.4 is 0 Å². The number of nitriles is 1. The molecular formula is C17H10BrN. The van der Waals surface area contributed by atoms with E-state index in [1.807, 2.05) is 48.5 Å². The Hall–Kier alpha value is -2.11. The third kappa shape index (κ3) is 2.14. The molecule has 3 rings (SSSR count). The Bertz CT molecular complexity index is 782. The summed E-state index contributed by atoms with van der Waals surface area (Å²) in [6, 6.07) is 22.4. The summed E-state index contributed by atoms with van der Waals surface area (Å²) in [5.74, 6) is 0. The van der Waals surface area contributed by atoms with Crippen molar-refractivity contribution in [2.45, 2.75) is 0 Å². The fourth-order valence-corrected chi connectivity index (χ4v) is 2.56. The van der Waals surface area contributed by atoms with Crippen LogP contribution in [0.1, 0.15) is 5.56 Å². The lowest BCUT2D eigenvalue weighted by atomic mass is 9.94. The molecule has 0 aliphatic rings. The molecule has 3 aromatic carbocycles. The molecule has 0 heterocycles. The molecule has 0 radical (unpaired) electrons. The predicted octanol–water partition coefficient (Wildman–Crippen LogP) is 5.14. The maximum Gasteiger partial charge on any atom is 0.0998 e. The summed E-state index contributed by atoms with van der Waals surface area (Å²) < 4.78 is 1.04. The van der Waals surface area contributed by atoms with Crippen LogP contribution in [-0.4, -0.2) is 0 Å². The molecule has 0 aliphatic heterocycles. The summed E-state index contributed by atoms with van der Waals surface area (Å²) in [5.41, 5.74) is 2.78. The molecule has 0 aromatic heterocycles. The van der Waals surface area contributed by atoms with E-state index in [-0.39, 0.29) is 0 Å². The van der Waals surface area contributed by atoms with Crippen LogP contribution in [0.25, 0.3) is 21.9 Å². The van der Waals surface area contributed by atoms with E-state index < -0.39 is 0 Å². The first-order valence-corrected chi connectivity index (χ1v) is 6.76. The largest absolute Gasteiger partial charge is 0.192 e. The molecule has 19 heavy (non-hydrogen) atoms. The lowest BCUT2D eigenvalue weighted by molar-refractivity contribution is 1.49. The average Bonchev–Trinajstić information content (AvgIpc) is 2.47. The number of hydrogen-bond donors (Lipinski definition) is 0. The van der Waals surface area contributed by atoms with Crippen molar-refractivity contribution in [2.75, 3.05) is 0 Å². The van der Waals surface area contributed by atoms with Gasteiger partial charge in [-0.15, -0.1) is 0 Å². The van der Waals surface area contributed by atoms with Crippen LogP contribution in [0.2, 0.25) is 0 Å². The van der Waals surface area contributed by atoms with Crippen molar-refractivity contribution >= 4 is 26.7 Å². The molecule has 0 amide bonds. The number of halogens is 1. The number of hydrogen-bond acceptors (Lipinski definition) is 1. The molecular weight excluding hydrogens is 298 g/mol. The van der Waals surface area contributed by atoms with Crippen LogP contribution in [0, 0.1) is 11.3 Å². The molecule has 3 aromatic rings. The second kappa shape index (κ2) is 4.87. The van der Waals surface area contributed by atoms with Gasteiger partial charge >= 0.3 is 0 Å². The molecule has 0 saturated carbocycles. The Morgan fingerprint density at radius 3 is 2.32 bits per heavy atom. The highest BCUT2D eigenvalue weighted by Crippen LogP contribution is 2.32. The van der Waals surface area contributed by atoms with E-state index in [9.17, 15) is 5.26 Å². The van der Waals surface area contributed by atoms with E-state index in [0.717, 1.165) is 26.4 Å². The van der Waals surface area contributed by atoms with E-state index in [0.29, 0.717) is 5.56 Å². The van der Waals surface area contributed by atoms with Crippen LogP contribution >= 0.6 is 15.9 Å². The molecule has 2 heteroatoms. The smallest absolute Gasteiger partial charge is 0.0998 e. The van der Waals surface area contributed by atoms with Gasteiger partial charge in [0.2, 0.25) is 0 Å². The van der Waals surface area contributed by atoms with Gasteiger partial charge in [0, 0.05) is 10.0 Å². The molecule has 0 N–H and O–H groups in total. The number of nitrogens with zero attached hydrogens (tertiary/aromatic N) is 1. The molecule has 90 valence electrons. The van der Waals surface area contributed by atoms with Crippen molar-refractivity contribution < 1.29 is 0 Å². The van der Waals surface area contributed by atoms with Crippen molar-refractivity contribution in [3.63, 3.8) is 0 Å². The number of rotatable bonds is 1. The third-order valence-corrected chi connectivity index (χ3v) is 3.71. The SMILES string of the molecule is N#Cc1ccc2ccccc2c1-c1ccc(Br)cc1. The Labute approximate surface area is 120 Å². The molecule has 0 bridgehead atoms. The van der Waals surface area contributed by atoms with E-state index in [4.69, 9.17) is 0 Å². The van der Waals surface area contributed by atoms with Gasteiger partial charge in [-0.2, -0.15) is 5.26 Å². The summed E-state index contributed by atoms with van der Waals surface area (Å²) in [7, 11) is 0. The molecule has 0 saturated heterocycles. The summed E-state index contributed by atoms with van der Waals surface area (Å²) in [6.07, 6.45) is 0. The fraction of sp³-hybridized carbons (Fsp3) is 0. The van der Waals surface area contributed by atoms with Crippen LogP contribution in [0.4, 0.5) is 0 Å². The molecule has 0 fully saturated rings. The van der Waals surface area contributed by atoms with Crippen LogP contribution in [0.5, 0.6) is 0 Å². The maximum atomic E-state index is 9.33. The van der Waals surface area contributed by atoms with Gasteiger partial charge in [0.1, 0.15) is 0 Å². The average molecular weight is 308 g/mol. The Morgan fingerprint density at radius 2 is 1.58 bits per heavy atom. The Morgan fingerprint density at radius 1 is 0.842 bits per heavy atom. The molecule has 0 spiro atoms. The van der Waals surface area contributed by atoms with Gasteiger partial charge in [0.05, 0.1) is 11.6 Å². The van der Waals surface area contributed by atoms with E-state index in [1.165, 1.54) is 0 Å². The van der Waals surface area contributed by atoms with Gasteiger partial charge in [-0.3, -0.25) is 0 Å². The van der Waals surface area contributed by atoms with Crippen molar-refractivity contribution in [2.24, 2.45) is 0 Å². The predicted molar refractivity (Wildman–Crippen MR) is 81.8 cm³/mol. The minimum atomic E-state index is 0.709. The minimum absolute atomic E-state index is 0.709. The third-order valence-electron chi connectivity index (χ3n) is 3.18. The van der Waals surface area contributed by atoms with E-state index in [2.05, 4.69) is 34.1 Å². The highest BCUT2D eigenvalue weighted by molar-refractivity contribution is 9.10. The highest BCUT2D eigenvalue weighted by Gasteiger charge is 2.09. The first-order chi connectivity index (χ1) is 9.29. The maximum absolute atomic E-state index is 9.33. The zero-order chi connectivity index (χ0) is 13.2. The zero-order valence-electron chi connectivity index (χ0n) is 10.1.